The van der Waals surface area contributed by atoms with E-state index in [0.29, 0.717) is 17.8 Å². The molecule has 0 saturated carbocycles. The summed E-state index contributed by atoms with van der Waals surface area (Å²) in [6.07, 6.45) is 5.15. The van der Waals surface area contributed by atoms with Crippen LogP contribution in [-0.4, -0.2) is 12.5 Å². The number of carbonyl (C=O) groups excluding carboxylic acids is 1. The SMILES string of the molecule is CC(C)CCCNC(=O)CC(C)(C)CC(C)(C)CC(C)(C)C. The van der Waals surface area contributed by atoms with Crippen LogP contribution in [0.25, 0.3) is 0 Å². The van der Waals surface area contributed by atoms with E-state index in [1.54, 1.807) is 0 Å². The van der Waals surface area contributed by atoms with Gasteiger partial charge in [-0.25, -0.2) is 0 Å². The third-order valence-corrected chi connectivity index (χ3v) is 3.89. The first kappa shape index (κ1) is 21.5. The predicted molar refractivity (Wildman–Crippen MR) is 97.9 cm³/mol. The lowest BCUT2D eigenvalue weighted by Gasteiger charge is -2.38. The van der Waals surface area contributed by atoms with Gasteiger partial charge in [0.05, 0.1) is 0 Å². The van der Waals surface area contributed by atoms with Crippen LogP contribution in [0.15, 0.2) is 0 Å². The number of hydrogen-bond donors (Lipinski definition) is 1. The quantitative estimate of drug-likeness (QED) is 0.535. The molecule has 132 valence electrons. The van der Waals surface area contributed by atoms with E-state index in [4.69, 9.17) is 0 Å². The average Bonchev–Trinajstić information content (AvgIpc) is 2.17. The lowest BCUT2D eigenvalue weighted by atomic mass is 9.67. The van der Waals surface area contributed by atoms with E-state index >= 15 is 0 Å². The lowest BCUT2D eigenvalue weighted by Crippen LogP contribution is -2.33. The Bertz CT molecular complexity index is 334. The molecule has 0 bridgehead atoms. The van der Waals surface area contributed by atoms with Gasteiger partial charge in [0.1, 0.15) is 0 Å². The highest BCUT2D eigenvalue weighted by molar-refractivity contribution is 5.76. The van der Waals surface area contributed by atoms with Crippen molar-refractivity contribution in [2.45, 2.75) is 94.4 Å². The third-order valence-electron chi connectivity index (χ3n) is 3.89. The normalized spacial score (nSPS) is 13.5. The Kier molecular flexibility index (Phi) is 8.16. The van der Waals surface area contributed by atoms with Gasteiger partial charge in [-0.1, -0.05) is 62.3 Å². The van der Waals surface area contributed by atoms with Crippen LogP contribution in [0.4, 0.5) is 0 Å². The van der Waals surface area contributed by atoms with Gasteiger partial charge in [0.25, 0.3) is 0 Å². The van der Waals surface area contributed by atoms with E-state index in [9.17, 15) is 4.79 Å². The molecular weight excluding hydrogens is 270 g/mol. The first-order valence-electron chi connectivity index (χ1n) is 8.99. The molecule has 0 aliphatic rings. The van der Waals surface area contributed by atoms with E-state index in [2.05, 4.69) is 67.6 Å². The lowest BCUT2D eigenvalue weighted by molar-refractivity contribution is -0.123. The van der Waals surface area contributed by atoms with Crippen molar-refractivity contribution in [3.63, 3.8) is 0 Å². The van der Waals surface area contributed by atoms with Crippen molar-refractivity contribution in [1.82, 2.24) is 5.32 Å². The maximum atomic E-state index is 12.2. The maximum absolute atomic E-state index is 12.2. The van der Waals surface area contributed by atoms with Crippen LogP contribution in [-0.2, 0) is 4.79 Å². The largest absolute Gasteiger partial charge is 0.356 e. The zero-order valence-electron chi connectivity index (χ0n) is 16.7. The van der Waals surface area contributed by atoms with Gasteiger partial charge in [-0.05, 0) is 47.8 Å². The van der Waals surface area contributed by atoms with Crippen LogP contribution in [0.5, 0.6) is 0 Å². The van der Waals surface area contributed by atoms with Crippen molar-refractivity contribution in [3.8, 4) is 0 Å². The molecule has 2 heteroatoms. The Hall–Kier alpha value is -0.530. The molecule has 0 fully saturated rings. The Morgan fingerprint density at radius 3 is 1.91 bits per heavy atom. The fraction of sp³-hybridized carbons (Fsp3) is 0.950. The summed E-state index contributed by atoms with van der Waals surface area (Å²) < 4.78 is 0. The van der Waals surface area contributed by atoms with E-state index in [1.165, 1.54) is 12.8 Å². The average molecular weight is 312 g/mol. The summed E-state index contributed by atoms with van der Waals surface area (Å²) in [5, 5.41) is 3.09. The zero-order valence-corrected chi connectivity index (χ0v) is 16.7. The molecule has 0 aliphatic carbocycles. The van der Waals surface area contributed by atoms with Gasteiger partial charge in [0, 0.05) is 13.0 Å². The minimum absolute atomic E-state index is 0.0525. The summed E-state index contributed by atoms with van der Waals surface area (Å²) in [4.78, 5) is 12.2. The minimum atomic E-state index is 0.0525. The molecular formula is C20H41NO. The smallest absolute Gasteiger partial charge is 0.220 e. The van der Waals surface area contributed by atoms with Gasteiger partial charge >= 0.3 is 0 Å². The van der Waals surface area contributed by atoms with Crippen molar-refractivity contribution in [1.29, 1.82) is 0 Å². The van der Waals surface area contributed by atoms with Gasteiger partial charge in [-0.2, -0.15) is 0 Å². The molecule has 0 rings (SSSR count). The molecule has 0 aliphatic heterocycles. The molecule has 0 atom stereocenters. The van der Waals surface area contributed by atoms with Gasteiger partial charge < -0.3 is 5.32 Å². The summed E-state index contributed by atoms with van der Waals surface area (Å²) in [6, 6.07) is 0. The van der Waals surface area contributed by atoms with Crippen molar-refractivity contribution in [2.75, 3.05) is 6.54 Å². The molecule has 0 aromatic rings. The minimum Gasteiger partial charge on any atom is -0.356 e. The fourth-order valence-corrected chi connectivity index (χ4v) is 4.09. The van der Waals surface area contributed by atoms with Gasteiger partial charge in [-0.3, -0.25) is 4.79 Å². The van der Waals surface area contributed by atoms with Crippen molar-refractivity contribution < 1.29 is 4.79 Å². The maximum Gasteiger partial charge on any atom is 0.220 e. The number of hydrogen-bond acceptors (Lipinski definition) is 1. The van der Waals surface area contributed by atoms with E-state index in [-0.39, 0.29) is 16.7 Å². The van der Waals surface area contributed by atoms with Crippen LogP contribution in [0.1, 0.15) is 94.4 Å². The van der Waals surface area contributed by atoms with Crippen molar-refractivity contribution >= 4 is 5.91 Å². The molecule has 0 radical (unpaired) electrons. The summed E-state index contributed by atoms with van der Waals surface area (Å²) >= 11 is 0. The molecule has 0 saturated heterocycles. The molecule has 2 nitrogen and oxygen atoms in total. The number of carbonyl (C=O) groups is 1. The van der Waals surface area contributed by atoms with Gasteiger partial charge in [0.15, 0.2) is 0 Å². The Labute approximate surface area is 139 Å². The molecule has 22 heavy (non-hydrogen) atoms. The zero-order chi connectivity index (χ0) is 17.6. The Morgan fingerprint density at radius 2 is 1.45 bits per heavy atom. The number of amides is 1. The second kappa shape index (κ2) is 8.36. The Balaban J connectivity index is 4.30. The highest BCUT2D eigenvalue weighted by Crippen LogP contribution is 2.42. The second-order valence-electron chi connectivity index (χ2n) is 10.3. The summed E-state index contributed by atoms with van der Waals surface area (Å²) in [7, 11) is 0. The van der Waals surface area contributed by atoms with Crippen LogP contribution in [0, 0.1) is 22.2 Å². The molecule has 0 aromatic heterocycles. The molecule has 1 N–H and O–H groups in total. The molecule has 0 heterocycles. The van der Waals surface area contributed by atoms with Crippen LogP contribution in [0.2, 0.25) is 0 Å². The number of nitrogens with one attached hydrogen (secondary N) is 1. The van der Waals surface area contributed by atoms with Gasteiger partial charge in [-0.15, -0.1) is 0 Å². The second-order valence-corrected chi connectivity index (χ2v) is 10.3. The molecule has 0 aromatic carbocycles. The molecule has 1 amide bonds. The molecule has 0 unspecified atom stereocenters. The van der Waals surface area contributed by atoms with Crippen molar-refractivity contribution in [3.05, 3.63) is 0 Å². The third kappa shape index (κ3) is 12.1. The molecule has 0 spiro atoms. The van der Waals surface area contributed by atoms with E-state index in [0.717, 1.165) is 19.4 Å². The van der Waals surface area contributed by atoms with Crippen LogP contribution >= 0.6 is 0 Å². The van der Waals surface area contributed by atoms with E-state index < -0.39 is 0 Å². The first-order chi connectivity index (χ1) is 9.72. The standard InChI is InChI=1S/C20H41NO/c1-16(2)11-10-12-21-17(22)13-19(6,7)15-20(8,9)14-18(3,4)5/h16H,10-15H2,1-9H3,(H,21,22). The highest BCUT2D eigenvalue weighted by atomic mass is 16.1. The first-order valence-corrected chi connectivity index (χ1v) is 8.99. The predicted octanol–water partition coefficient (Wildman–Crippen LogP) is 5.81. The fourth-order valence-electron chi connectivity index (χ4n) is 4.09. The monoisotopic (exact) mass is 311 g/mol. The topological polar surface area (TPSA) is 29.1 Å². The number of rotatable bonds is 9. The van der Waals surface area contributed by atoms with E-state index in [1.807, 2.05) is 0 Å². The highest BCUT2D eigenvalue weighted by Gasteiger charge is 2.33. The summed E-state index contributed by atoms with van der Waals surface area (Å²) in [5.41, 5.74) is 0.648. The van der Waals surface area contributed by atoms with Gasteiger partial charge in [0.2, 0.25) is 5.91 Å². The van der Waals surface area contributed by atoms with Crippen molar-refractivity contribution in [2.24, 2.45) is 22.2 Å². The Morgan fingerprint density at radius 1 is 0.909 bits per heavy atom. The van der Waals surface area contributed by atoms with Crippen LogP contribution < -0.4 is 5.32 Å². The summed E-state index contributed by atoms with van der Waals surface area (Å²) in [6.45, 7) is 21.3. The summed E-state index contributed by atoms with van der Waals surface area (Å²) in [5.74, 6) is 0.923. The van der Waals surface area contributed by atoms with Crippen LogP contribution in [0.3, 0.4) is 0 Å².